The summed E-state index contributed by atoms with van der Waals surface area (Å²) in [6.45, 7) is 3.42. The predicted octanol–water partition coefficient (Wildman–Crippen LogP) is 0.240. The van der Waals surface area contributed by atoms with E-state index >= 15 is 0 Å². The molecule has 0 aromatic heterocycles. The van der Waals surface area contributed by atoms with Gasteiger partial charge in [-0.05, 0) is 13.8 Å². The van der Waals surface area contributed by atoms with E-state index in [1.807, 2.05) is 0 Å². The first-order valence-electron chi connectivity index (χ1n) is 5.48. The average molecular weight is 258 g/mol. The summed E-state index contributed by atoms with van der Waals surface area (Å²) in [6, 6.07) is 0. The number of carbonyl (C=O) groups excluding carboxylic acids is 3. The molecule has 100 valence electrons. The fourth-order valence-electron chi connectivity index (χ4n) is 1.41. The summed E-state index contributed by atoms with van der Waals surface area (Å²) in [6.07, 6.45) is -1.52. The summed E-state index contributed by atoms with van der Waals surface area (Å²) < 4.78 is 14.0. The van der Waals surface area contributed by atoms with Gasteiger partial charge >= 0.3 is 17.9 Å². The summed E-state index contributed by atoms with van der Waals surface area (Å²) >= 11 is 0. The molecular weight excluding hydrogens is 244 g/mol. The second kappa shape index (κ2) is 6.04. The first kappa shape index (κ1) is 14.0. The molecule has 0 spiro atoms. The van der Waals surface area contributed by atoms with Crippen LogP contribution in [0.25, 0.3) is 0 Å². The van der Waals surface area contributed by atoms with Gasteiger partial charge < -0.3 is 19.3 Å². The van der Waals surface area contributed by atoms with E-state index in [-0.39, 0.29) is 19.6 Å². The van der Waals surface area contributed by atoms with Gasteiger partial charge in [0.1, 0.15) is 0 Å². The third kappa shape index (κ3) is 2.99. The Bertz CT molecular complexity index is 396. The van der Waals surface area contributed by atoms with E-state index < -0.39 is 35.3 Å². The average Bonchev–Trinajstić information content (AvgIpc) is 2.54. The van der Waals surface area contributed by atoms with Crippen molar-refractivity contribution in [1.82, 2.24) is 0 Å². The number of carbonyl (C=O) groups is 3. The lowest BCUT2D eigenvalue weighted by molar-refractivity contribution is -0.150. The Morgan fingerprint density at radius 1 is 1.28 bits per heavy atom. The lowest BCUT2D eigenvalue weighted by atomic mass is 10.1. The number of hydrogen-bond donors (Lipinski definition) is 1. The fraction of sp³-hybridized carbons (Fsp3) is 0.545. The summed E-state index contributed by atoms with van der Waals surface area (Å²) in [7, 11) is 0. The van der Waals surface area contributed by atoms with Crippen LogP contribution in [0.2, 0.25) is 0 Å². The molecule has 1 N–H and O–H groups in total. The topological polar surface area (TPSA) is 99.1 Å². The van der Waals surface area contributed by atoms with E-state index in [4.69, 9.17) is 4.74 Å². The van der Waals surface area contributed by atoms with Crippen LogP contribution < -0.4 is 0 Å². The minimum absolute atomic E-state index is 0.0609. The number of esters is 3. The van der Waals surface area contributed by atoms with Crippen molar-refractivity contribution < 1.29 is 33.7 Å². The van der Waals surface area contributed by atoms with Gasteiger partial charge in [0.2, 0.25) is 0 Å². The molecule has 0 saturated carbocycles. The number of aliphatic hydroxyl groups is 1. The van der Waals surface area contributed by atoms with E-state index in [9.17, 15) is 19.5 Å². The van der Waals surface area contributed by atoms with Crippen molar-refractivity contribution in [3.8, 4) is 0 Å². The number of aliphatic hydroxyl groups excluding tert-OH is 1. The van der Waals surface area contributed by atoms with Crippen LogP contribution in [0.4, 0.5) is 0 Å². The number of cyclic esters (lactones) is 1. The number of ether oxygens (including phenoxy) is 3. The minimum Gasteiger partial charge on any atom is -0.507 e. The molecule has 0 aliphatic carbocycles. The Balaban J connectivity index is 2.78. The van der Waals surface area contributed by atoms with Gasteiger partial charge in [0, 0.05) is 0 Å². The Morgan fingerprint density at radius 2 is 1.89 bits per heavy atom. The first-order valence-corrected chi connectivity index (χ1v) is 5.48. The van der Waals surface area contributed by atoms with Crippen LogP contribution in [0.5, 0.6) is 0 Å². The van der Waals surface area contributed by atoms with Crippen LogP contribution in [-0.2, 0) is 28.6 Å². The van der Waals surface area contributed by atoms with E-state index in [2.05, 4.69) is 9.47 Å². The number of rotatable bonds is 5. The highest BCUT2D eigenvalue weighted by atomic mass is 16.6. The van der Waals surface area contributed by atoms with Crippen LogP contribution >= 0.6 is 0 Å². The van der Waals surface area contributed by atoms with Crippen molar-refractivity contribution in [3.05, 3.63) is 11.3 Å². The van der Waals surface area contributed by atoms with Gasteiger partial charge in [-0.15, -0.1) is 0 Å². The zero-order valence-electron chi connectivity index (χ0n) is 10.1. The van der Waals surface area contributed by atoms with Crippen molar-refractivity contribution in [1.29, 1.82) is 0 Å². The summed E-state index contributed by atoms with van der Waals surface area (Å²) in [5, 5.41) is 9.66. The Morgan fingerprint density at radius 3 is 2.44 bits per heavy atom. The maximum atomic E-state index is 11.4. The van der Waals surface area contributed by atoms with Crippen LogP contribution in [0.3, 0.4) is 0 Å². The number of hydrogen-bond acceptors (Lipinski definition) is 7. The van der Waals surface area contributed by atoms with Crippen molar-refractivity contribution in [2.45, 2.75) is 26.4 Å². The van der Waals surface area contributed by atoms with Crippen LogP contribution in [0, 0.1) is 0 Å². The van der Waals surface area contributed by atoms with Gasteiger partial charge in [0.15, 0.2) is 17.4 Å². The van der Waals surface area contributed by atoms with Crippen LogP contribution in [0.1, 0.15) is 20.3 Å². The smallest absolute Gasteiger partial charge is 0.349 e. The fourth-order valence-corrected chi connectivity index (χ4v) is 1.41. The molecule has 0 fully saturated rings. The molecule has 1 atom stereocenters. The lowest BCUT2D eigenvalue weighted by Crippen LogP contribution is -2.18. The molecule has 0 aromatic carbocycles. The predicted molar refractivity (Wildman–Crippen MR) is 57.4 cm³/mol. The van der Waals surface area contributed by atoms with Crippen LogP contribution in [0.15, 0.2) is 11.3 Å². The van der Waals surface area contributed by atoms with E-state index in [1.165, 1.54) is 0 Å². The monoisotopic (exact) mass is 258 g/mol. The zero-order valence-corrected chi connectivity index (χ0v) is 10.1. The standard InChI is InChI=1S/C11H14O7/c1-3-16-7(12)5-6-9(13)8(11(15)18-6)10(14)17-4-2/h6,13H,3-5H2,1-2H3. The SMILES string of the molecule is CCOC(=O)CC1OC(=O)C(C(=O)OCC)=C1O. The third-order valence-corrected chi connectivity index (χ3v) is 2.15. The molecule has 1 aliphatic heterocycles. The molecule has 1 rings (SSSR count). The van der Waals surface area contributed by atoms with Gasteiger partial charge in [0.25, 0.3) is 0 Å². The van der Waals surface area contributed by atoms with E-state index in [1.54, 1.807) is 13.8 Å². The quantitative estimate of drug-likeness (QED) is 0.428. The normalized spacial score (nSPS) is 18.6. The van der Waals surface area contributed by atoms with Crippen molar-refractivity contribution in [2.75, 3.05) is 13.2 Å². The molecule has 0 radical (unpaired) electrons. The van der Waals surface area contributed by atoms with Crippen molar-refractivity contribution in [2.24, 2.45) is 0 Å². The molecule has 0 amide bonds. The third-order valence-electron chi connectivity index (χ3n) is 2.15. The van der Waals surface area contributed by atoms with Gasteiger partial charge in [-0.1, -0.05) is 0 Å². The Hall–Kier alpha value is -2.05. The molecule has 0 saturated heterocycles. The zero-order chi connectivity index (χ0) is 13.7. The molecule has 1 heterocycles. The summed E-state index contributed by atoms with van der Waals surface area (Å²) in [4.78, 5) is 33.9. The minimum atomic E-state index is -1.18. The van der Waals surface area contributed by atoms with Gasteiger partial charge in [-0.3, -0.25) is 4.79 Å². The molecule has 0 aromatic rings. The largest absolute Gasteiger partial charge is 0.507 e. The second-order valence-electron chi connectivity index (χ2n) is 3.38. The molecule has 7 heteroatoms. The first-order chi connectivity index (χ1) is 8.51. The highest BCUT2D eigenvalue weighted by molar-refractivity contribution is 6.16. The van der Waals surface area contributed by atoms with Gasteiger partial charge in [-0.25, -0.2) is 9.59 Å². The molecular formula is C11H14O7. The Labute approximate surface area is 103 Å². The maximum Gasteiger partial charge on any atom is 0.349 e. The summed E-state index contributed by atoms with van der Waals surface area (Å²) in [5.74, 6) is -3.19. The molecule has 18 heavy (non-hydrogen) atoms. The Kier molecular flexibility index (Phi) is 4.70. The molecule has 1 unspecified atom stereocenters. The van der Waals surface area contributed by atoms with Crippen molar-refractivity contribution in [3.63, 3.8) is 0 Å². The van der Waals surface area contributed by atoms with Gasteiger partial charge in [0.05, 0.1) is 19.6 Å². The second-order valence-corrected chi connectivity index (χ2v) is 3.38. The van der Waals surface area contributed by atoms with Crippen LogP contribution in [-0.4, -0.2) is 42.3 Å². The molecule has 7 nitrogen and oxygen atoms in total. The highest BCUT2D eigenvalue weighted by Crippen LogP contribution is 2.24. The highest BCUT2D eigenvalue weighted by Gasteiger charge is 2.40. The van der Waals surface area contributed by atoms with Gasteiger partial charge in [-0.2, -0.15) is 0 Å². The van der Waals surface area contributed by atoms with E-state index in [0.717, 1.165) is 0 Å². The summed E-state index contributed by atoms with van der Waals surface area (Å²) in [5.41, 5.74) is -0.564. The maximum absolute atomic E-state index is 11.4. The molecule has 0 bridgehead atoms. The van der Waals surface area contributed by atoms with E-state index in [0.29, 0.717) is 0 Å². The van der Waals surface area contributed by atoms with Crippen molar-refractivity contribution >= 4 is 17.9 Å². The molecule has 1 aliphatic rings. The lowest BCUT2D eigenvalue weighted by Gasteiger charge is -2.08.